The van der Waals surface area contributed by atoms with Crippen molar-refractivity contribution in [2.75, 3.05) is 0 Å². The van der Waals surface area contributed by atoms with Crippen molar-refractivity contribution < 1.29 is 4.92 Å². The van der Waals surface area contributed by atoms with E-state index in [1.54, 1.807) is 13.8 Å². The van der Waals surface area contributed by atoms with Crippen LogP contribution in [0.15, 0.2) is 10.6 Å². The summed E-state index contributed by atoms with van der Waals surface area (Å²) in [4.78, 5) is 10.6. The molecular formula is C7H10N2O2S. The van der Waals surface area contributed by atoms with Gasteiger partial charge >= 0.3 is 0 Å². The fraction of sp³-hybridized carbons (Fsp3) is 0.571. The van der Waals surface area contributed by atoms with Crippen molar-refractivity contribution in [2.45, 2.75) is 26.7 Å². The predicted molar refractivity (Wildman–Crippen MR) is 47.8 cm³/mol. The summed E-state index contributed by atoms with van der Waals surface area (Å²) in [5.41, 5.74) is 0.157. The first kappa shape index (κ1) is 11.0. The molecule has 66 valence electrons. The van der Waals surface area contributed by atoms with E-state index >= 15 is 0 Å². The van der Waals surface area contributed by atoms with Gasteiger partial charge in [0.1, 0.15) is 5.40 Å². The van der Waals surface area contributed by atoms with E-state index in [1.165, 1.54) is 0 Å². The maximum atomic E-state index is 10.4. The fourth-order valence-corrected chi connectivity index (χ4v) is 1.41. The topological polar surface area (TPSA) is 66.9 Å². The number of nitrogens with zero attached hydrogens (tertiary/aromatic N) is 2. The lowest BCUT2D eigenvalue weighted by Crippen LogP contribution is -2.00. The first-order valence-corrected chi connectivity index (χ1v) is 4.41. The van der Waals surface area contributed by atoms with E-state index in [4.69, 9.17) is 5.26 Å². The Hall–Kier alpha value is -1.02. The zero-order valence-electron chi connectivity index (χ0n) is 7.03. The van der Waals surface area contributed by atoms with Crippen LogP contribution in [0.25, 0.3) is 0 Å². The Morgan fingerprint density at radius 2 is 2.17 bits per heavy atom. The second-order valence-corrected chi connectivity index (χ2v) is 2.91. The molecule has 0 N–H and O–H groups in total. The lowest BCUT2D eigenvalue weighted by atomic mass is 10.3. The van der Waals surface area contributed by atoms with Gasteiger partial charge in [-0.3, -0.25) is 10.1 Å². The summed E-state index contributed by atoms with van der Waals surface area (Å²) in [6.45, 7) is 3.52. The Kier molecular flexibility index (Phi) is 5.13. The molecule has 0 aromatic heterocycles. The van der Waals surface area contributed by atoms with Gasteiger partial charge in [-0.15, -0.1) is 0 Å². The van der Waals surface area contributed by atoms with E-state index in [-0.39, 0.29) is 5.70 Å². The minimum Gasteiger partial charge on any atom is -0.259 e. The van der Waals surface area contributed by atoms with E-state index in [1.807, 2.05) is 5.40 Å². The molecule has 0 amide bonds. The summed E-state index contributed by atoms with van der Waals surface area (Å²) in [5, 5.41) is 20.6. The molecule has 4 nitrogen and oxygen atoms in total. The molecule has 0 aliphatic heterocycles. The first-order chi connectivity index (χ1) is 5.67. The van der Waals surface area contributed by atoms with Crippen LogP contribution in [0.5, 0.6) is 0 Å². The summed E-state index contributed by atoms with van der Waals surface area (Å²) in [6, 6.07) is 0. The summed E-state index contributed by atoms with van der Waals surface area (Å²) in [5.74, 6) is 0. The quantitative estimate of drug-likeness (QED) is 0.384. The first-order valence-electron chi connectivity index (χ1n) is 3.59. The molecule has 0 aromatic carbocycles. The van der Waals surface area contributed by atoms with Crippen molar-refractivity contribution in [3.8, 4) is 5.40 Å². The summed E-state index contributed by atoms with van der Waals surface area (Å²) in [7, 11) is 0. The largest absolute Gasteiger partial charge is 0.259 e. The minimum atomic E-state index is -0.414. The van der Waals surface area contributed by atoms with E-state index in [2.05, 4.69) is 0 Å². The van der Waals surface area contributed by atoms with Gasteiger partial charge in [0.05, 0.1) is 9.83 Å². The second kappa shape index (κ2) is 5.61. The van der Waals surface area contributed by atoms with Crippen molar-refractivity contribution in [3.63, 3.8) is 0 Å². The van der Waals surface area contributed by atoms with E-state index < -0.39 is 4.92 Å². The standard InChI is InChI=1S/C7H10N2O2S/c1-3-6(9(10)11)7(4-2)12-5-8/h3-4H2,1-2H3/b7-6-. The molecule has 0 atom stereocenters. The SMILES string of the molecule is CC/C(SC#N)=C(\CC)[N+](=O)[O-]. The molecule has 12 heavy (non-hydrogen) atoms. The molecular weight excluding hydrogens is 176 g/mol. The molecule has 0 saturated heterocycles. The molecule has 0 aliphatic carbocycles. The molecule has 0 radical (unpaired) electrons. The van der Waals surface area contributed by atoms with Crippen LogP contribution in [0.1, 0.15) is 26.7 Å². The second-order valence-electron chi connectivity index (χ2n) is 2.03. The third kappa shape index (κ3) is 2.93. The number of rotatable bonds is 4. The third-order valence-electron chi connectivity index (χ3n) is 1.37. The molecule has 0 bridgehead atoms. The molecule has 5 heteroatoms. The number of nitro groups is 1. The Morgan fingerprint density at radius 1 is 1.58 bits per heavy atom. The van der Waals surface area contributed by atoms with Gasteiger partial charge in [-0.25, -0.2) is 0 Å². The number of thioether (sulfide) groups is 1. The zero-order chi connectivity index (χ0) is 9.56. The van der Waals surface area contributed by atoms with Crippen molar-refractivity contribution in [1.82, 2.24) is 0 Å². The van der Waals surface area contributed by atoms with Crippen LogP contribution in [-0.2, 0) is 0 Å². The number of nitriles is 1. The van der Waals surface area contributed by atoms with Gasteiger partial charge in [-0.2, -0.15) is 5.26 Å². The van der Waals surface area contributed by atoms with Crippen LogP contribution in [0, 0.1) is 20.8 Å². The molecule has 0 aromatic rings. The Morgan fingerprint density at radius 3 is 2.42 bits per heavy atom. The molecule has 0 saturated carbocycles. The van der Waals surface area contributed by atoms with Crippen LogP contribution in [0.2, 0.25) is 0 Å². The van der Waals surface area contributed by atoms with Gasteiger partial charge in [0.15, 0.2) is 0 Å². The predicted octanol–water partition coefficient (Wildman–Crippen LogP) is 2.51. The van der Waals surface area contributed by atoms with E-state index in [9.17, 15) is 10.1 Å². The monoisotopic (exact) mass is 186 g/mol. The molecule has 0 heterocycles. The van der Waals surface area contributed by atoms with Crippen LogP contribution in [0.3, 0.4) is 0 Å². The van der Waals surface area contributed by atoms with Crippen molar-refractivity contribution in [3.05, 3.63) is 20.7 Å². The fourth-order valence-electron chi connectivity index (χ4n) is 0.818. The number of hydrogen-bond donors (Lipinski definition) is 0. The van der Waals surface area contributed by atoms with Crippen molar-refractivity contribution >= 4 is 11.8 Å². The zero-order valence-corrected chi connectivity index (χ0v) is 7.85. The lowest BCUT2D eigenvalue weighted by Gasteiger charge is -1.99. The van der Waals surface area contributed by atoms with Gasteiger partial charge in [-0.05, 0) is 18.2 Å². The van der Waals surface area contributed by atoms with Crippen LogP contribution >= 0.6 is 11.8 Å². The molecule has 0 fully saturated rings. The highest BCUT2D eigenvalue weighted by molar-refractivity contribution is 8.07. The molecule has 0 aliphatic rings. The van der Waals surface area contributed by atoms with Crippen molar-refractivity contribution in [1.29, 1.82) is 5.26 Å². The Bertz CT molecular complexity index is 242. The van der Waals surface area contributed by atoms with E-state index in [0.717, 1.165) is 11.8 Å². The summed E-state index contributed by atoms with van der Waals surface area (Å²) >= 11 is 0.881. The Labute approximate surface area is 75.4 Å². The molecule has 0 unspecified atom stereocenters. The number of thiocyanates is 1. The van der Waals surface area contributed by atoms with Crippen LogP contribution in [0.4, 0.5) is 0 Å². The third-order valence-corrected chi connectivity index (χ3v) is 2.23. The summed E-state index contributed by atoms with van der Waals surface area (Å²) in [6.07, 6.45) is 0.910. The van der Waals surface area contributed by atoms with Gasteiger partial charge in [0.25, 0.3) is 5.70 Å². The van der Waals surface area contributed by atoms with Gasteiger partial charge < -0.3 is 0 Å². The smallest absolute Gasteiger partial charge is 0.256 e. The maximum Gasteiger partial charge on any atom is 0.256 e. The van der Waals surface area contributed by atoms with Gasteiger partial charge in [-0.1, -0.05) is 13.8 Å². The normalized spacial score (nSPS) is 11.8. The molecule has 0 rings (SSSR count). The van der Waals surface area contributed by atoms with Crippen LogP contribution in [-0.4, -0.2) is 4.92 Å². The van der Waals surface area contributed by atoms with E-state index in [0.29, 0.717) is 17.7 Å². The average molecular weight is 186 g/mol. The van der Waals surface area contributed by atoms with Gasteiger partial charge in [0, 0.05) is 6.42 Å². The highest BCUT2D eigenvalue weighted by Gasteiger charge is 2.14. The number of hydrogen-bond acceptors (Lipinski definition) is 4. The molecule has 0 spiro atoms. The lowest BCUT2D eigenvalue weighted by molar-refractivity contribution is -0.428. The van der Waals surface area contributed by atoms with Crippen LogP contribution < -0.4 is 0 Å². The Balaban J connectivity index is 4.76. The van der Waals surface area contributed by atoms with Gasteiger partial charge in [0.2, 0.25) is 0 Å². The summed E-state index contributed by atoms with van der Waals surface area (Å²) < 4.78 is 0. The highest BCUT2D eigenvalue weighted by Crippen LogP contribution is 2.24. The average Bonchev–Trinajstić information content (AvgIpc) is 2.03. The minimum absolute atomic E-state index is 0.157. The highest BCUT2D eigenvalue weighted by atomic mass is 32.2. The number of allylic oxidation sites excluding steroid dienone is 2. The maximum absolute atomic E-state index is 10.4. The van der Waals surface area contributed by atoms with Crippen molar-refractivity contribution in [2.24, 2.45) is 0 Å².